The van der Waals surface area contributed by atoms with Crippen LogP contribution in [-0.2, 0) is 11.4 Å². The molecule has 7 heteroatoms. The number of carbonyl (C=O) groups is 1. The second kappa shape index (κ2) is 8.31. The Kier molecular flexibility index (Phi) is 5.43. The second-order valence-electron chi connectivity index (χ2n) is 6.90. The Morgan fingerprint density at radius 1 is 1.32 bits per heavy atom. The zero-order chi connectivity index (χ0) is 19.3. The van der Waals surface area contributed by atoms with Crippen molar-refractivity contribution in [2.75, 3.05) is 19.0 Å². The zero-order valence-corrected chi connectivity index (χ0v) is 15.9. The van der Waals surface area contributed by atoms with Gasteiger partial charge in [-0.2, -0.15) is 0 Å². The number of benzene rings is 1. The average Bonchev–Trinajstić information content (AvgIpc) is 3.35. The molecule has 1 unspecified atom stereocenters. The van der Waals surface area contributed by atoms with Crippen molar-refractivity contribution >= 4 is 17.2 Å². The molecular formula is C21H24N4O3. The van der Waals surface area contributed by atoms with Gasteiger partial charge in [0.15, 0.2) is 11.5 Å². The van der Waals surface area contributed by atoms with Gasteiger partial charge in [-0.25, -0.2) is 4.98 Å². The van der Waals surface area contributed by atoms with Crippen LogP contribution in [0.4, 0.5) is 5.69 Å². The van der Waals surface area contributed by atoms with Crippen LogP contribution in [0.2, 0.25) is 0 Å². The number of nitrogens with one attached hydrogen (secondary N) is 2. The molecule has 1 amide bonds. The molecule has 2 aromatic heterocycles. The third-order valence-electron chi connectivity index (χ3n) is 4.83. The smallest absolute Gasteiger partial charge is 0.225 e. The number of hydrogen-bond acceptors (Lipinski definition) is 5. The number of amides is 1. The number of hydrogen-bond donors (Lipinski definition) is 2. The van der Waals surface area contributed by atoms with Crippen molar-refractivity contribution in [3.05, 3.63) is 54.5 Å². The first kappa shape index (κ1) is 18.3. The number of nitrogens with zero attached hydrogens (tertiary/aromatic N) is 2. The lowest BCUT2D eigenvalue weighted by Crippen LogP contribution is -2.27. The summed E-state index contributed by atoms with van der Waals surface area (Å²) >= 11 is 0. The summed E-state index contributed by atoms with van der Waals surface area (Å²) in [6, 6.07) is 11.5. The van der Waals surface area contributed by atoms with Crippen LogP contribution in [-0.4, -0.2) is 35.0 Å². The average molecular weight is 380 g/mol. The number of pyridine rings is 1. The molecule has 1 fully saturated rings. The summed E-state index contributed by atoms with van der Waals surface area (Å²) in [5.41, 5.74) is 2.37. The number of rotatable bonds is 7. The van der Waals surface area contributed by atoms with E-state index < -0.39 is 0 Å². The van der Waals surface area contributed by atoms with Crippen molar-refractivity contribution in [2.24, 2.45) is 0 Å². The van der Waals surface area contributed by atoms with Gasteiger partial charge in [0.25, 0.3) is 0 Å². The Bertz CT molecular complexity index is 930. The van der Waals surface area contributed by atoms with Crippen LogP contribution in [0.15, 0.2) is 48.8 Å². The van der Waals surface area contributed by atoms with Crippen molar-refractivity contribution in [1.29, 1.82) is 0 Å². The van der Waals surface area contributed by atoms with Crippen LogP contribution in [0.3, 0.4) is 0 Å². The molecule has 1 aromatic carbocycles. The maximum atomic E-state index is 12.3. The van der Waals surface area contributed by atoms with Gasteiger partial charge >= 0.3 is 0 Å². The fourth-order valence-electron chi connectivity index (χ4n) is 3.44. The maximum absolute atomic E-state index is 12.3. The Hall–Kier alpha value is -3.06. The second-order valence-corrected chi connectivity index (χ2v) is 6.90. The Morgan fingerprint density at radius 3 is 3.04 bits per heavy atom. The van der Waals surface area contributed by atoms with Crippen LogP contribution in [0, 0.1) is 0 Å². The summed E-state index contributed by atoms with van der Waals surface area (Å²) in [7, 11) is 1.59. The first-order valence-electron chi connectivity index (χ1n) is 9.48. The highest BCUT2D eigenvalue weighted by Gasteiger charge is 2.18. The van der Waals surface area contributed by atoms with E-state index in [1.54, 1.807) is 19.2 Å². The monoisotopic (exact) mass is 380 g/mol. The van der Waals surface area contributed by atoms with Gasteiger partial charge in [-0.15, -0.1) is 0 Å². The predicted octanol–water partition coefficient (Wildman–Crippen LogP) is 3.00. The van der Waals surface area contributed by atoms with Crippen molar-refractivity contribution in [3.8, 4) is 11.5 Å². The number of ether oxygens (including phenoxy) is 2. The number of methoxy groups -OCH3 is 1. The van der Waals surface area contributed by atoms with Crippen LogP contribution in [0.1, 0.15) is 25.0 Å². The zero-order valence-electron chi connectivity index (χ0n) is 15.9. The molecule has 0 bridgehead atoms. The van der Waals surface area contributed by atoms with Crippen molar-refractivity contribution in [3.63, 3.8) is 0 Å². The van der Waals surface area contributed by atoms with Gasteiger partial charge in [0.2, 0.25) is 5.91 Å². The molecule has 3 aromatic rings. The Morgan fingerprint density at radius 2 is 2.25 bits per heavy atom. The minimum atomic E-state index is -0.00383. The van der Waals surface area contributed by atoms with E-state index in [-0.39, 0.29) is 11.9 Å². The molecule has 1 saturated heterocycles. The van der Waals surface area contributed by atoms with Crippen molar-refractivity contribution in [2.45, 2.75) is 31.9 Å². The van der Waals surface area contributed by atoms with E-state index in [4.69, 9.17) is 9.47 Å². The first-order chi connectivity index (χ1) is 13.7. The number of imidazole rings is 1. The normalized spacial score (nSPS) is 16.2. The molecule has 1 atom stereocenters. The summed E-state index contributed by atoms with van der Waals surface area (Å²) < 4.78 is 13.3. The minimum absolute atomic E-state index is 0.00383. The molecule has 1 aliphatic rings. The lowest BCUT2D eigenvalue weighted by molar-refractivity contribution is -0.116. The van der Waals surface area contributed by atoms with Gasteiger partial charge in [0, 0.05) is 36.6 Å². The van der Waals surface area contributed by atoms with E-state index in [0.717, 1.165) is 30.7 Å². The van der Waals surface area contributed by atoms with E-state index in [0.29, 0.717) is 30.2 Å². The largest absolute Gasteiger partial charge is 0.493 e. The van der Waals surface area contributed by atoms with Crippen LogP contribution >= 0.6 is 0 Å². The van der Waals surface area contributed by atoms with Gasteiger partial charge in [-0.05, 0) is 43.7 Å². The van der Waals surface area contributed by atoms with Crippen LogP contribution in [0.25, 0.3) is 5.65 Å². The molecule has 28 heavy (non-hydrogen) atoms. The molecular weight excluding hydrogens is 356 g/mol. The highest BCUT2D eigenvalue weighted by molar-refractivity contribution is 5.91. The lowest BCUT2D eigenvalue weighted by Gasteiger charge is -2.14. The molecule has 2 N–H and O–H groups in total. The fraction of sp³-hybridized carbons (Fsp3) is 0.333. The number of aromatic nitrogens is 2. The summed E-state index contributed by atoms with van der Waals surface area (Å²) in [5.74, 6) is 1.17. The highest BCUT2D eigenvalue weighted by Crippen LogP contribution is 2.31. The summed E-state index contributed by atoms with van der Waals surface area (Å²) in [4.78, 5) is 16.8. The minimum Gasteiger partial charge on any atom is -0.493 e. The van der Waals surface area contributed by atoms with Crippen LogP contribution in [0.5, 0.6) is 11.5 Å². The highest BCUT2D eigenvalue weighted by atomic mass is 16.5. The SMILES string of the molecule is COc1ccc(NC(=O)CC2CCCN2)cc1OCc1cn2ccccc2n1. The Labute approximate surface area is 163 Å². The van der Waals surface area contributed by atoms with Gasteiger partial charge in [-0.3, -0.25) is 4.79 Å². The summed E-state index contributed by atoms with van der Waals surface area (Å²) in [5, 5.41) is 6.28. The standard InChI is InChI=1S/C21H24N4O3/c1-27-18-8-7-16(24-21(26)12-15-5-4-9-22-15)11-19(18)28-14-17-13-25-10-3-2-6-20(25)23-17/h2-3,6-8,10-11,13,15,22H,4-5,9,12,14H2,1H3,(H,24,26). The van der Waals surface area contributed by atoms with Gasteiger partial charge in [0.1, 0.15) is 12.3 Å². The summed E-state index contributed by atoms with van der Waals surface area (Å²) in [6.07, 6.45) is 6.53. The number of carbonyl (C=O) groups excluding carboxylic acids is 1. The lowest BCUT2D eigenvalue weighted by atomic mass is 10.1. The maximum Gasteiger partial charge on any atom is 0.225 e. The third-order valence-corrected chi connectivity index (χ3v) is 4.83. The molecule has 146 valence electrons. The summed E-state index contributed by atoms with van der Waals surface area (Å²) in [6.45, 7) is 1.29. The first-order valence-corrected chi connectivity index (χ1v) is 9.48. The van der Waals surface area contributed by atoms with E-state index in [2.05, 4.69) is 15.6 Å². The van der Waals surface area contributed by atoms with E-state index in [9.17, 15) is 4.79 Å². The van der Waals surface area contributed by atoms with Gasteiger partial charge in [-0.1, -0.05) is 6.07 Å². The van der Waals surface area contributed by atoms with Gasteiger partial charge < -0.3 is 24.5 Å². The number of fused-ring (bicyclic) bond motifs is 1. The van der Waals surface area contributed by atoms with Gasteiger partial charge in [0.05, 0.1) is 12.8 Å². The van der Waals surface area contributed by atoms with E-state index in [1.807, 2.05) is 41.1 Å². The van der Waals surface area contributed by atoms with Crippen molar-refractivity contribution in [1.82, 2.24) is 14.7 Å². The predicted molar refractivity (Wildman–Crippen MR) is 107 cm³/mol. The van der Waals surface area contributed by atoms with E-state index in [1.165, 1.54) is 0 Å². The Balaban J connectivity index is 1.43. The topological polar surface area (TPSA) is 76.9 Å². The molecule has 3 heterocycles. The van der Waals surface area contributed by atoms with E-state index >= 15 is 0 Å². The molecule has 0 aliphatic carbocycles. The molecule has 0 spiro atoms. The molecule has 7 nitrogen and oxygen atoms in total. The van der Waals surface area contributed by atoms with Crippen LogP contribution < -0.4 is 20.1 Å². The molecule has 0 saturated carbocycles. The fourth-order valence-corrected chi connectivity index (χ4v) is 3.44. The molecule has 1 aliphatic heterocycles. The number of anilines is 1. The third kappa shape index (κ3) is 4.26. The molecule has 4 rings (SSSR count). The molecule has 0 radical (unpaired) electrons. The van der Waals surface area contributed by atoms with Crippen molar-refractivity contribution < 1.29 is 14.3 Å². The quantitative estimate of drug-likeness (QED) is 0.659.